The van der Waals surface area contributed by atoms with Crippen LogP contribution in [0.5, 0.6) is 5.75 Å². The van der Waals surface area contributed by atoms with Crippen molar-refractivity contribution < 1.29 is 28.6 Å². The number of fused-ring (bicyclic) bond motifs is 3. The van der Waals surface area contributed by atoms with Crippen LogP contribution in [0.4, 0.5) is 0 Å². The molecule has 1 aromatic carbocycles. The number of aliphatic carboxylic acids is 1. The highest BCUT2D eigenvalue weighted by Gasteiger charge is 2.25. The van der Waals surface area contributed by atoms with Gasteiger partial charge in [-0.1, -0.05) is 20.3 Å². The Labute approximate surface area is 185 Å². The van der Waals surface area contributed by atoms with Crippen LogP contribution in [0.25, 0.3) is 11.0 Å². The second kappa shape index (κ2) is 10.3. The lowest BCUT2D eigenvalue weighted by atomic mass is 9.91. The van der Waals surface area contributed by atoms with Gasteiger partial charge < -0.3 is 24.9 Å². The summed E-state index contributed by atoms with van der Waals surface area (Å²) in [6.07, 6.45) is 4.16. The summed E-state index contributed by atoms with van der Waals surface area (Å²) in [6, 6.07) is 4.10. The predicted molar refractivity (Wildman–Crippen MR) is 117 cm³/mol. The summed E-state index contributed by atoms with van der Waals surface area (Å²) in [6.45, 7) is 2.86. The number of aryl methyl sites for hydroxylation is 1. The Morgan fingerprint density at radius 2 is 1.88 bits per heavy atom. The van der Waals surface area contributed by atoms with E-state index in [1.54, 1.807) is 19.1 Å². The van der Waals surface area contributed by atoms with Gasteiger partial charge in [0.15, 0.2) is 6.61 Å². The number of hydrogen-bond acceptors (Lipinski definition) is 6. The van der Waals surface area contributed by atoms with Crippen molar-refractivity contribution in [3.05, 3.63) is 39.7 Å². The Bertz CT molecular complexity index is 1080. The van der Waals surface area contributed by atoms with Gasteiger partial charge in [0.2, 0.25) is 5.91 Å². The first-order chi connectivity index (χ1) is 15.3. The Balaban J connectivity index is 1.55. The van der Waals surface area contributed by atoms with Crippen LogP contribution in [-0.2, 0) is 27.2 Å². The second-order valence-corrected chi connectivity index (χ2v) is 8.05. The first-order valence-corrected chi connectivity index (χ1v) is 10.8. The number of hydrogen-bond donors (Lipinski definition) is 3. The minimum Gasteiger partial charge on any atom is -0.484 e. The first kappa shape index (κ1) is 23.3. The van der Waals surface area contributed by atoms with Crippen LogP contribution in [0, 0.1) is 5.92 Å². The van der Waals surface area contributed by atoms with E-state index in [-0.39, 0.29) is 24.7 Å². The lowest BCUT2D eigenvalue weighted by molar-refractivity contribution is -0.143. The molecule has 1 aromatic heterocycles. The lowest BCUT2D eigenvalue weighted by Gasteiger charge is -2.20. The van der Waals surface area contributed by atoms with E-state index < -0.39 is 23.8 Å². The van der Waals surface area contributed by atoms with Crippen molar-refractivity contribution in [2.45, 2.75) is 52.0 Å². The fraction of sp³-hybridized carbons (Fsp3) is 0.478. The smallest absolute Gasteiger partial charge is 0.339 e. The predicted octanol–water partition coefficient (Wildman–Crippen LogP) is 1.78. The molecule has 172 valence electrons. The average molecular weight is 444 g/mol. The molecule has 2 amide bonds. The molecular formula is C23H28N2O7. The molecule has 32 heavy (non-hydrogen) atoms. The number of carbonyl (C=O) groups is 3. The van der Waals surface area contributed by atoms with Crippen molar-refractivity contribution in [3.63, 3.8) is 0 Å². The van der Waals surface area contributed by atoms with Gasteiger partial charge in [-0.05, 0) is 49.3 Å². The van der Waals surface area contributed by atoms with Gasteiger partial charge in [0.05, 0.1) is 6.54 Å². The topological polar surface area (TPSA) is 135 Å². The quantitative estimate of drug-likeness (QED) is 0.502. The SMILES string of the molecule is CC[C@H](C)[C@H](NC(=O)CNC(=O)COc1ccc2c3c(c(=O)oc2c1)CCCC3)C(=O)O. The van der Waals surface area contributed by atoms with E-state index in [1.165, 1.54) is 0 Å². The lowest BCUT2D eigenvalue weighted by Crippen LogP contribution is -2.48. The molecule has 1 aliphatic carbocycles. The van der Waals surface area contributed by atoms with Crippen molar-refractivity contribution in [2.24, 2.45) is 5.92 Å². The molecule has 2 atom stereocenters. The van der Waals surface area contributed by atoms with Crippen LogP contribution in [0.1, 0.15) is 44.2 Å². The minimum atomic E-state index is -1.12. The van der Waals surface area contributed by atoms with Crippen LogP contribution in [0.2, 0.25) is 0 Å². The zero-order valence-electron chi connectivity index (χ0n) is 18.2. The van der Waals surface area contributed by atoms with Crippen molar-refractivity contribution in [2.75, 3.05) is 13.2 Å². The van der Waals surface area contributed by atoms with Crippen molar-refractivity contribution >= 4 is 28.8 Å². The summed E-state index contributed by atoms with van der Waals surface area (Å²) in [5.74, 6) is -2.13. The van der Waals surface area contributed by atoms with Crippen LogP contribution >= 0.6 is 0 Å². The number of amides is 2. The molecule has 9 heteroatoms. The van der Waals surface area contributed by atoms with Crippen LogP contribution in [0.15, 0.2) is 27.4 Å². The first-order valence-electron chi connectivity index (χ1n) is 10.8. The Hall–Kier alpha value is -3.36. The number of carboxylic acids is 1. The van der Waals surface area contributed by atoms with Gasteiger partial charge in [0.1, 0.15) is 17.4 Å². The fourth-order valence-electron chi connectivity index (χ4n) is 3.80. The largest absolute Gasteiger partial charge is 0.484 e. The average Bonchev–Trinajstić information content (AvgIpc) is 2.79. The zero-order chi connectivity index (χ0) is 23.3. The molecule has 2 aromatic rings. The highest BCUT2D eigenvalue weighted by molar-refractivity contribution is 5.88. The number of benzene rings is 1. The van der Waals surface area contributed by atoms with E-state index in [2.05, 4.69) is 10.6 Å². The van der Waals surface area contributed by atoms with Crippen LogP contribution in [-0.4, -0.2) is 42.1 Å². The summed E-state index contributed by atoms with van der Waals surface area (Å²) >= 11 is 0. The van der Waals surface area contributed by atoms with Crippen LogP contribution in [0.3, 0.4) is 0 Å². The second-order valence-electron chi connectivity index (χ2n) is 8.05. The molecule has 0 radical (unpaired) electrons. The van der Waals surface area contributed by atoms with E-state index >= 15 is 0 Å². The third-order valence-electron chi connectivity index (χ3n) is 5.81. The summed E-state index contributed by atoms with van der Waals surface area (Å²) in [5.41, 5.74) is 1.85. The molecule has 0 aliphatic heterocycles. The molecule has 0 spiro atoms. The molecule has 0 bridgehead atoms. The number of nitrogens with one attached hydrogen (secondary N) is 2. The van der Waals surface area contributed by atoms with Gasteiger partial charge in [0.25, 0.3) is 5.91 Å². The normalized spacial score (nSPS) is 14.8. The van der Waals surface area contributed by atoms with Crippen molar-refractivity contribution in [1.29, 1.82) is 0 Å². The highest BCUT2D eigenvalue weighted by Crippen LogP contribution is 2.29. The van der Waals surface area contributed by atoms with Crippen LogP contribution < -0.4 is 21.0 Å². The van der Waals surface area contributed by atoms with E-state index in [4.69, 9.17) is 9.15 Å². The Morgan fingerprint density at radius 1 is 1.16 bits per heavy atom. The molecule has 1 heterocycles. The Morgan fingerprint density at radius 3 is 2.56 bits per heavy atom. The third-order valence-corrected chi connectivity index (χ3v) is 5.81. The minimum absolute atomic E-state index is 0.242. The van der Waals surface area contributed by atoms with Gasteiger partial charge in [-0.15, -0.1) is 0 Å². The molecule has 0 saturated heterocycles. The number of rotatable bonds is 9. The molecule has 3 N–H and O–H groups in total. The van der Waals surface area contributed by atoms with Gasteiger partial charge >= 0.3 is 11.6 Å². The van der Waals surface area contributed by atoms with Gasteiger partial charge in [-0.25, -0.2) is 9.59 Å². The summed E-state index contributed by atoms with van der Waals surface area (Å²) in [7, 11) is 0. The molecule has 0 fully saturated rings. The molecule has 3 rings (SSSR count). The molecule has 9 nitrogen and oxygen atoms in total. The maximum atomic E-state index is 12.2. The standard InChI is InChI=1S/C23H28N2O7/c1-3-13(2)21(22(28)29)25-19(26)11-24-20(27)12-31-14-8-9-16-15-6-4-5-7-17(15)23(30)32-18(16)10-14/h8-10,13,21H,3-7,11-12H2,1-2H3,(H,24,27)(H,25,26)(H,28,29)/t13-,21-/m0/s1. The summed E-state index contributed by atoms with van der Waals surface area (Å²) in [5, 5.41) is 14.9. The van der Waals surface area contributed by atoms with E-state index in [9.17, 15) is 24.3 Å². The molecular weight excluding hydrogens is 416 g/mol. The number of carbonyl (C=O) groups excluding carboxylic acids is 2. The van der Waals surface area contributed by atoms with Gasteiger partial charge in [-0.2, -0.15) is 0 Å². The number of carboxylic acid groups (broad SMARTS) is 1. The maximum Gasteiger partial charge on any atom is 0.339 e. The maximum absolute atomic E-state index is 12.2. The summed E-state index contributed by atoms with van der Waals surface area (Å²) in [4.78, 5) is 47.5. The fourth-order valence-corrected chi connectivity index (χ4v) is 3.80. The van der Waals surface area contributed by atoms with Gasteiger partial charge in [-0.3, -0.25) is 9.59 Å². The van der Waals surface area contributed by atoms with Crippen molar-refractivity contribution in [1.82, 2.24) is 10.6 Å². The highest BCUT2D eigenvalue weighted by atomic mass is 16.5. The van der Waals surface area contributed by atoms with Crippen molar-refractivity contribution in [3.8, 4) is 5.75 Å². The third kappa shape index (κ3) is 5.46. The monoisotopic (exact) mass is 444 g/mol. The summed E-state index contributed by atoms with van der Waals surface area (Å²) < 4.78 is 10.9. The van der Waals surface area contributed by atoms with E-state index in [0.717, 1.165) is 42.2 Å². The molecule has 0 saturated carbocycles. The van der Waals surface area contributed by atoms with E-state index in [1.807, 2.05) is 13.0 Å². The van der Waals surface area contributed by atoms with E-state index in [0.29, 0.717) is 17.8 Å². The van der Waals surface area contributed by atoms with Gasteiger partial charge in [0, 0.05) is 17.0 Å². The zero-order valence-corrected chi connectivity index (χ0v) is 18.2. The Kier molecular flexibility index (Phi) is 7.50. The number of ether oxygens (including phenoxy) is 1. The molecule has 0 unspecified atom stereocenters. The molecule has 1 aliphatic rings.